The molecular formula is C22H16Br2N2O. The second-order valence-electron chi connectivity index (χ2n) is 6.22. The first-order valence-electron chi connectivity index (χ1n) is 8.50. The summed E-state index contributed by atoms with van der Waals surface area (Å²) in [5, 5.41) is 3.27. The molecule has 0 aliphatic carbocycles. The van der Waals surface area contributed by atoms with Crippen LogP contribution >= 0.6 is 31.9 Å². The van der Waals surface area contributed by atoms with E-state index in [0.717, 1.165) is 25.9 Å². The fourth-order valence-corrected chi connectivity index (χ4v) is 3.65. The van der Waals surface area contributed by atoms with Crippen LogP contribution in [-0.2, 0) is 4.79 Å². The van der Waals surface area contributed by atoms with Gasteiger partial charge in [-0.15, -0.1) is 0 Å². The van der Waals surface area contributed by atoms with E-state index in [9.17, 15) is 4.79 Å². The number of carbonyl (C=O) groups is 1. The van der Waals surface area contributed by atoms with Gasteiger partial charge in [0.15, 0.2) is 0 Å². The minimum Gasteiger partial charge on any atom is -0.351 e. The van der Waals surface area contributed by atoms with Gasteiger partial charge in [-0.2, -0.15) is 0 Å². The van der Waals surface area contributed by atoms with Gasteiger partial charge >= 0.3 is 0 Å². The predicted molar refractivity (Wildman–Crippen MR) is 117 cm³/mol. The molecule has 3 aromatic rings. The molecule has 134 valence electrons. The van der Waals surface area contributed by atoms with E-state index in [4.69, 9.17) is 0 Å². The molecule has 0 aromatic heterocycles. The summed E-state index contributed by atoms with van der Waals surface area (Å²) >= 11 is 6.89. The predicted octanol–water partition coefficient (Wildman–Crippen LogP) is 6.30. The Morgan fingerprint density at radius 3 is 2.00 bits per heavy atom. The van der Waals surface area contributed by atoms with E-state index < -0.39 is 0 Å². The van der Waals surface area contributed by atoms with E-state index in [2.05, 4.69) is 37.2 Å². The van der Waals surface area contributed by atoms with Gasteiger partial charge in [0.2, 0.25) is 0 Å². The molecule has 3 aromatic carbocycles. The summed E-state index contributed by atoms with van der Waals surface area (Å²) in [6, 6.07) is 25.5. The minimum atomic E-state index is -0.155. The standard InChI is InChI=1S/C22H16Br2N2O/c23-16-6-10-18(11-7-16)25-20-14-21(15-4-2-1-3-5-15)26(22(20)27)19-12-8-17(24)9-13-19/h1-14,21,25H. The highest BCUT2D eigenvalue weighted by atomic mass is 79.9. The van der Waals surface area contributed by atoms with E-state index in [1.165, 1.54) is 0 Å². The Kier molecular flexibility index (Phi) is 5.14. The molecule has 1 heterocycles. The van der Waals surface area contributed by atoms with Gasteiger partial charge in [0, 0.05) is 20.3 Å². The van der Waals surface area contributed by atoms with Crippen molar-refractivity contribution < 1.29 is 4.79 Å². The lowest BCUT2D eigenvalue weighted by Gasteiger charge is -2.25. The molecule has 1 atom stereocenters. The highest BCUT2D eigenvalue weighted by molar-refractivity contribution is 9.10. The molecule has 0 radical (unpaired) electrons. The van der Waals surface area contributed by atoms with Crippen molar-refractivity contribution in [3.8, 4) is 0 Å². The summed E-state index contributed by atoms with van der Waals surface area (Å²) in [6.07, 6.45) is 1.99. The van der Waals surface area contributed by atoms with Gasteiger partial charge in [0.1, 0.15) is 5.70 Å². The van der Waals surface area contributed by atoms with Crippen molar-refractivity contribution >= 4 is 49.1 Å². The van der Waals surface area contributed by atoms with Crippen LogP contribution in [0.25, 0.3) is 0 Å². The number of amides is 1. The summed E-state index contributed by atoms with van der Waals surface area (Å²) in [6.45, 7) is 0. The van der Waals surface area contributed by atoms with Gasteiger partial charge in [0.25, 0.3) is 5.91 Å². The first kappa shape index (κ1) is 18.0. The number of anilines is 2. The van der Waals surface area contributed by atoms with Crippen LogP contribution in [0.1, 0.15) is 11.6 Å². The number of nitrogens with zero attached hydrogens (tertiary/aromatic N) is 1. The molecule has 3 nitrogen and oxygen atoms in total. The third-order valence-corrected chi connectivity index (χ3v) is 5.48. The number of halogens is 2. The average molecular weight is 484 g/mol. The summed E-state index contributed by atoms with van der Waals surface area (Å²) in [5.74, 6) is -0.0471. The first-order valence-corrected chi connectivity index (χ1v) is 10.1. The molecule has 1 aliphatic rings. The van der Waals surface area contributed by atoms with E-state index in [1.807, 2.05) is 89.8 Å². The van der Waals surface area contributed by atoms with Crippen molar-refractivity contribution in [2.45, 2.75) is 6.04 Å². The average Bonchev–Trinajstić information content (AvgIpc) is 3.01. The van der Waals surface area contributed by atoms with Crippen LogP contribution in [-0.4, -0.2) is 5.91 Å². The van der Waals surface area contributed by atoms with Gasteiger partial charge in [-0.1, -0.05) is 62.2 Å². The van der Waals surface area contributed by atoms with Crippen LogP contribution < -0.4 is 10.2 Å². The molecule has 1 unspecified atom stereocenters. The highest BCUT2D eigenvalue weighted by Gasteiger charge is 2.34. The minimum absolute atomic E-state index is 0.0471. The van der Waals surface area contributed by atoms with E-state index >= 15 is 0 Å². The van der Waals surface area contributed by atoms with Crippen LogP contribution in [0.2, 0.25) is 0 Å². The molecule has 4 rings (SSSR count). The first-order chi connectivity index (χ1) is 13.1. The summed E-state index contributed by atoms with van der Waals surface area (Å²) in [4.78, 5) is 15.0. The Labute approximate surface area is 175 Å². The van der Waals surface area contributed by atoms with Crippen LogP contribution in [0.3, 0.4) is 0 Å². The Morgan fingerprint density at radius 1 is 0.778 bits per heavy atom. The van der Waals surface area contributed by atoms with E-state index in [1.54, 1.807) is 0 Å². The van der Waals surface area contributed by atoms with Crippen LogP contribution in [0.5, 0.6) is 0 Å². The molecule has 0 saturated heterocycles. The largest absolute Gasteiger partial charge is 0.351 e. The molecule has 1 N–H and O–H groups in total. The van der Waals surface area contributed by atoms with Crippen molar-refractivity contribution in [2.24, 2.45) is 0 Å². The molecule has 0 saturated carbocycles. The maximum absolute atomic E-state index is 13.2. The zero-order valence-electron chi connectivity index (χ0n) is 14.3. The highest BCUT2D eigenvalue weighted by Crippen LogP contribution is 2.36. The maximum Gasteiger partial charge on any atom is 0.275 e. The second kappa shape index (κ2) is 7.71. The maximum atomic E-state index is 13.2. The van der Waals surface area contributed by atoms with Crippen molar-refractivity contribution in [2.75, 3.05) is 10.2 Å². The molecule has 0 spiro atoms. The van der Waals surface area contributed by atoms with Gasteiger partial charge < -0.3 is 5.32 Å². The van der Waals surface area contributed by atoms with Gasteiger partial charge in [0.05, 0.1) is 6.04 Å². The number of hydrogen-bond acceptors (Lipinski definition) is 2. The molecule has 27 heavy (non-hydrogen) atoms. The van der Waals surface area contributed by atoms with Crippen molar-refractivity contribution in [3.05, 3.63) is 105 Å². The fraction of sp³-hybridized carbons (Fsp3) is 0.0455. The quantitative estimate of drug-likeness (QED) is 0.472. The Balaban J connectivity index is 1.71. The lowest BCUT2D eigenvalue weighted by molar-refractivity contribution is -0.114. The van der Waals surface area contributed by atoms with Crippen LogP contribution in [0.4, 0.5) is 11.4 Å². The smallest absolute Gasteiger partial charge is 0.275 e. The van der Waals surface area contributed by atoms with E-state index in [-0.39, 0.29) is 11.9 Å². The topological polar surface area (TPSA) is 32.3 Å². The SMILES string of the molecule is O=C1C(Nc2ccc(Br)cc2)=CC(c2ccccc2)N1c1ccc(Br)cc1. The normalized spacial score (nSPS) is 16.4. The molecule has 1 aliphatic heterocycles. The second-order valence-corrected chi connectivity index (χ2v) is 8.05. The summed E-state index contributed by atoms with van der Waals surface area (Å²) < 4.78 is 1.98. The van der Waals surface area contributed by atoms with Crippen molar-refractivity contribution in [3.63, 3.8) is 0 Å². The molecule has 1 amide bonds. The molecule has 0 fully saturated rings. The number of carbonyl (C=O) groups excluding carboxylic acids is 1. The van der Waals surface area contributed by atoms with E-state index in [0.29, 0.717) is 5.70 Å². The Hall–Kier alpha value is -2.37. The molecular weight excluding hydrogens is 468 g/mol. The monoisotopic (exact) mass is 482 g/mol. The zero-order valence-corrected chi connectivity index (χ0v) is 17.4. The van der Waals surface area contributed by atoms with Gasteiger partial charge in [-0.3, -0.25) is 9.69 Å². The number of hydrogen-bond donors (Lipinski definition) is 1. The number of rotatable bonds is 4. The third-order valence-electron chi connectivity index (χ3n) is 4.42. The van der Waals surface area contributed by atoms with Crippen molar-refractivity contribution in [1.82, 2.24) is 0 Å². The zero-order chi connectivity index (χ0) is 18.8. The third kappa shape index (κ3) is 3.84. The fourth-order valence-electron chi connectivity index (χ4n) is 3.12. The van der Waals surface area contributed by atoms with Crippen molar-refractivity contribution in [1.29, 1.82) is 0 Å². The Bertz CT molecular complexity index is 983. The summed E-state index contributed by atoms with van der Waals surface area (Å²) in [5.41, 5.74) is 3.39. The lowest BCUT2D eigenvalue weighted by Crippen LogP contribution is -2.30. The van der Waals surface area contributed by atoms with Crippen LogP contribution in [0.15, 0.2) is 99.6 Å². The van der Waals surface area contributed by atoms with Gasteiger partial charge in [-0.05, 0) is 60.2 Å². The molecule has 5 heteroatoms. The van der Waals surface area contributed by atoms with Gasteiger partial charge in [-0.25, -0.2) is 0 Å². The lowest BCUT2D eigenvalue weighted by atomic mass is 10.1. The molecule has 0 bridgehead atoms. The number of nitrogens with one attached hydrogen (secondary N) is 1. The summed E-state index contributed by atoms with van der Waals surface area (Å²) in [7, 11) is 0. The number of benzene rings is 3. The Morgan fingerprint density at radius 2 is 1.37 bits per heavy atom. The van der Waals surface area contributed by atoms with Crippen LogP contribution in [0, 0.1) is 0 Å².